The smallest absolute Gasteiger partial charge is 0.0584 e. The lowest BCUT2D eigenvalue weighted by atomic mass is 10.0. The Balaban J connectivity index is 2.31. The summed E-state index contributed by atoms with van der Waals surface area (Å²) in [4.78, 5) is 0. The van der Waals surface area contributed by atoms with E-state index in [1.165, 1.54) is 12.2 Å². The number of hydrogen-bond donors (Lipinski definition) is 2. The first-order valence-corrected chi connectivity index (χ1v) is 6.67. The molecule has 0 saturated carbocycles. The third-order valence-corrected chi connectivity index (χ3v) is 4.13. The fourth-order valence-electron chi connectivity index (χ4n) is 2.02. The van der Waals surface area contributed by atoms with Crippen molar-refractivity contribution in [3.63, 3.8) is 0 Å². The first kappa shape index (κ1) is 12.3. The molecule has 1 saturated heterocycles. The van der Waals surface area contributed by atoms with Crippen LogP contribution in [0.4, 0.5) is 0 Å². The zero-order valence-electron chi connectivity index (χ0n) is 9.49. The molecule has 2 nitrogen and oxygen atoms in total. The summed E-state index contributed by atoms with van der Waals surface area (Å²) in [6.45, 7) is 6.96. The van der Waals surface area contributed by atoms with Crippen molar-refractivity contribution in [2.75, 3.05) is 12.4 Å². The number of thioether (sulfide) groups is 1. The van der Waals surface area contributed by atoms with Crippen LogP contribution in [0, 0.1) is 5.92 Å². The monoisotopic (exact) mass is 217 g/mol. The Hall–Kier alpha value is 0.270. The Morgan fingerprint density at radius 1 is 1.50 bits per heavy atom. The third kappa shape index (κ3) is 3.79. The summed E-state index contributed by atoms with van der Waals surface area (Å²) in [6.07, 6.45) is 2.32. The summed E-state index contributed by atoms with van der Waals surface area (Å²) in [6, 6.07) is 0.900. The summed E-state index contributed by atoms with van der Waals surface area (Å²) in [5.74, 6) is 1.92. The first-order valence-electron chi connectivity index (χ1n) is 5.62. The minimum Gasteiger partial charge on any atom is -0.395 e. The fraction of sp³-hybridized carbons (Fsp3) is 1.00. The van der Waals surface area contributed by atoms with Gasteiger partial charge in [-0.3, -0.25) is 0 Å². The summed E-state index contributed by atoms with van der Waals surface area (Å²) >= 11 is 2.03. The topological polar surface area (TPSA) is 32.3 Å². The number of rotatable bonds is 5. The van der Waals surface area contributed by atoms with Crippen molar-refractivity contribution in [3.05, 3.63) is 0 Å². The van der Waals surface area contributed by atoms with Gasteiger partial charge in [-0.25, -0.2) is 0 Å². The van der Waals surface area contributed by atoms with Gasteiger partial charge in [-0.2, -0.15) is 11.8 Å². The van der Waals surface area contributed by atoms with Gasteiger partial charge in [0.1, 0.15) is 0 Å². The van der Waals surface area contributed by atoms with Crippen molar-refractivity contribution < 1.29 is 5.11 Å². The van der Waals surface area contributed by atoms with Gasteiger partial charge in [0, 0.05) is 17.3 Å². The normalized spacial score (nSPS) is 29.8. The molecular formula is C11H23NOS. The molecule has 0 aromatic carbocycles. The first-order chi connectivity index (χ1) is 6.63. The molecule has 3 heteroatoms. The third-order valence-electron chi connectivity index (χ3n) is 2.80. The Bertz CT molecular complexity index is 163. The molecule has 3 unspecified atom stereocenters. The second-order valence-electron chi connectivity index (χ2n) is 4.65. The Kier molecular flexibility index (Phi) is 5.28. The van der Waals surface area contributed by atoms with Crippen molar-refractivity contribution in [1.29, 1.82) is 0 Å². The maximum Gasteiger partial charge on any atom is 0.0584 e. The predicted molar refractivity (Wildman–Crippen MR) is 63.8 cm³/mol. The second kappa shape index (κ2) is 5.99. The number of aliphatic hydroxyl groups is 1. The molecule has 84 valence electrons. The fourth-order valence-corrected chi connectivity index (χ4v) is 3.23. The molecular weight excluding hydrogens is 194 g/mol. The van der Waals surface area contributed by atoms with E-state index in [0.29, 0.717) is 23.3 Å². The molecule has 0 aromatic rings. The van der Waals surface area contributed by atoms with Gasteiger partial charge in [0.2, 0.25) is 0 Å². The van der Waals surface area contributed by atoms with Gasteiger partial charge < -0.3 is 10.4 Å². The lowest BCUT2D eigenvalue weighted by Crippen LogP contribution is -2.43. The number of hydrogen-bond acceptors (Lipinski definition) is 3. The predicted octanol–water partition coefficient (Wildman–Crippen LogP) is 1.88. The zero-order chi connectivity index (χ0) is 10.6. The molecule has 0 spiro atoms. The van der Waals surface area contributed by atoms with Crippen molar-refractivity contribution >= 4 is 11.8 Å². The van der Waals surface area contributed by atoms with E-state index in [1.54, 1.807) is 0 Å². The SMILES string of the molecule is CC(C)CC(CO)NC1CCSC1C. The van der Waals surface area contributed by atoms with E-state index in [2.05, 4.69) is 26.1 Å². The highest BCUT2D eigenvalue weighted by molar-refractivity contribution is 8.00. The zero-order valence-corrected chi connectivity index (χ0v) is 10.3. The Labute approximate surface area is 91.9 Å². The van der Waals surface area contributed by atoms with E-state index >= 15 is 0 Å². The molecule has 0 aromatic heterocycles. The van der Waals surface area contributed by atoms with Crippen LogP contribution in [-0.4, -0.2) is 34.8 Å². The van der Waals surface area contributed by atoms with Gasteiger partial charge in [-0.15, -0.1) is 0 Å². The van der Waals surface area contributed by atoms with E-state index < -0.39 is 0 Å². The quantitative estimate of drug-likeness (QED) is 0.737. The van der Waals surface area contributed by atoms with Gasteiger partial charge in [0.05, 0.1) is 6.61 Å². The van der Waals surface area contributed by atoms with Crippen molar-refractivity contribution in [2.24, 2.45) is 5.92 Å². The average Bonchev–Trinajstić information content (AvgIpc) is 2.50. The highest BCUT2D eigenvalue weighted by Crippen LogP contribution is 2.26. The van der Waals surface area contributed by atoms with Crippen molar-refractivity contribution in [3.8, 4) is 0 Å². The van der Waals surface area contributed by atoms with Crippen LogP contribution in [0.15, 0.2) is 0 Å². The molecule has 1 rings (SSSR count). The van der Waals surface area contributed by atoms with Crippen LogP contribution in [0.3, 0.4) is 0 Å². The molecule has 3 atom stereocenters. The molecule has 0 radical (unpaired) electrons. The Morgan fingerprint density at radius 2 is 2.21 bits per heavy atom. The average molecular weight is 217 g/mol. The van der Waals surface area contributed by atoms with Gasteiger partial charge in [-0.05, 0) is 24.5 Å². The van der Waals surface area contributed by atoms with E-state index in [9.17, 15) is 5.11 Å². The van der Waals surface area contributed by atoms with Gasteiger partial charge in [-0.1, -0.05) is 20.8 Å². The maximum absolute atomic E-state index is 9.25. The van der Waals surface area contributed by atoms with E-state index in [-0.39, 0.29) is 6.61 Å². The summed E-state index contributed by atoms with van der Waals surface area (Å²) in [5.41, 5.74) is 0. The molecule has 1 fully saturated rings. The van der Waals surface area contributed by atoms with Crippen LogP contribution in [0.25, 0.3) is 0 Å². The van der Waals surface area contributed by atoms with E-state index in [4.69, 9.17) is 0 Å². The lowest BCUT2D eigenvalue weighted by Gasteiger charge is -2.24. The van der Waals surface area contributed by atoms with Crippen LogP contribution < -0.4 is 5.32 Å². The highest BCUT2D eigenvalue weighted by atomic mass is 32.2. The minimum absolute atomic E-state index is 0.270. The van der Waals surface area contributed by atoms with E-state index in [0.717, 1.165) is 6.42 Å². The van der Waals surface area contributed by atoms with Crippen LogP contribution in [-0.2, 0) is 0 Å². The summed E-state index contributed by atoms with van der Waals surface area (Å²) in [7, 11) is 0. The number of aliphatic hydroxyl groups excluding tert-OH is 1. The largest absolute Gasteiger partial charge is 0.395 e. The van der Waals surface area contributed by atoms with Gasteiger partial charge in [0.15, 0.2) is 0 Å². The van der Waals surface area contributed by atoms with Gasteiger partial charge in [0.25, 0.3) is 0 Å². The minimum atomic E-state index is 0.270. The van der Waals surface area contributed by atoms with E-state index in [1.807, 2.05) is 11.8 Å². The maximum atomic E-state index is 9.25. The van der Waals surface area contributed by atoms with Crippen molar-refractivity contribution in [2.45, 2.75) is 50.9 Å². The highest BCUT2D eigenvalue weighted by Gasteiger charge is 2.25. The lowest BCUT2D eigenvalue weighted by molar-refractivity contribution is 0.212. The van der Waals surface area contributed by atoms with Gasteiger partial charge >= 0.3 is 0 Å². The molecule has 1 aliphatic heterocycles. The molecule has 14 heavy (non-hydrogen) atoms. The molecule has 1 aliphatic rings. The van der Waals surface area contributed by atoms with Crippen LogP contribution >= 0.6 is 11.8 Å². The van der Waals surface area contributed by atoms with Crippen LogP contribution in [0.1, 0.15) is 33.6 Å². The summed E-state index contributed by atoms with van der Waals surface area (Å²) in [5, 5.41) is 13.5. The number of nitrogens with one attached hydrogen (secondary N) is 1. The molecule has 2 N–H and O–H groups in total. The van der Waals surface area contributed by atoms with Crippen molar-refractivity contribution in [1.82, 2.24) is 5.32 Å². The Morgan fingerprint density at radius 3 is 2.64 bits per heavy atom. The van der Waals surface area contributed by atoms with Crippen LogP contribution in [0.5, 0.6) is 0 Å². The molecule has 0 bridgehead atoms. The second-order valence-corrected chi connectivity index (χ2v) is 6.13. The standard InChI is InChI=1S/C11H23NOS/c1-8(2)6-10(7-13)12-11-4-5-14-9(11)3/h8-13H,4-7H2,1-3H3. The molecule has 0 amide bonds. The molecule has 1 heterocycles. The summed E-state index contributed by atoms with van der Waals surface area (Å²) < 4.78 is 0. The van der Waals surface area contributed by atoms with Crippen LogP contribution in [0.2, 0.25) is 0 Å². The molecule has 0 aliphatic carbocycles.